The van der Waals surface area contributed by atoms with Crippen molar-refractivity contribution in [3.8, 4) is 11.8 Å². The largest absolute Gasteiger partial charge is 0.496 e. The Morgan fingerprint density at radius 1 is 1.29 bits per heavy atom. The molecule has 0 unspecified atom stereocenters. The Morgan fingerprint density at radius 3 is 2.54 bits per heavy atom. The van der Waals surface area contributed by atoms with Crippen molar-refractivity contribution in [1.29, 1.82) is 5.26 Å². The van der Waals surface area contributed by atoms with Gasteiger partial charge in [0.2, 0.25) is 5.78 Å². The van der Waals surface area contributed by atoms with E-state index in [1.807, 2.05) is 0 Å². The van der Waals surface area contributed by atoms with Gasteiger partial charge in [0.15, 0.2) is 6.61 Å². The fourth-order valence-corrected chi connectivity index (χ4v) is 1.72. The highest BCUT2D eigenvalue weighted by Gasteiger charge is 2.16. The number of ether oxygens (including phenoxy) is 2. The van der Waals surface area contributed by atoms with Crippen LogP contribution in [0.25, 0.3) is 0 Å². The maximum absolute atomic E-state index is 12.0. The average molecular weight is 331 g/mol. The molecular weight excluding hydrogens is 314 g/mol. The summed E-state index contributed by atoms with van der Waals surface area (Å²) in [6.45, 7) is 0.337. The maximum atomic E-state index is 12.0. The number of carbonyl (C=O) groups is 3. The first-order chi connectivity index (χ1) is 11.4. The number of nitrogens with one attached hydrogen (secondary N) is 1. The smallest absolute Gasteiger partial charge is 0.325 e. The Morgan fingerprint density at radius 2 is 1.96 bits per heavy atom. The topological polar surface area (TPSA) is 132 Å². The van der Waals surface area contributed by atoms with E-state index in [1.54, 1.807) is 24.3 Å². The van der Waals surface area contributed by atoms with Crippen LogP contribution >= 0.6 is 0 Å². The second-order valence-electron chi connectivity index (χ2n) is 4.64. The van der Waals surface area contributed by atoms with Gasteiger partial charge in [0.1, 0.15) is 23.9 Å². The third-order valence-electron chi connectivity index (χ3n) is 2.89. The molecule has 0 spiro atoms. The van der Waals surface area contributed by atoms with Crippen molar-refractivity contribution in [2.45, 2.75) is 6.92 Å². The molecule has 0 heterocycles. The molecule has 0 radical (unpaired) electrons. The Hall–Kier alpha value is -3.34. The summed E-state index contributed by atoms with van der Waals surface area (Å²) in [6.07, 6.45) is 0. The number of hydrogen-bond donors (Lipinski definition) is 2. The molecule has 0 aliphatic carbocycles. The van der Waals surface area contributed by atoms with E-state index in [0.717, 1.165) is 0 Å². The van der Waals surface area contributed by atoms with Crippen molar-refractivity contribution >= 4 is 17.7 Å². The van der Waals surface area contributed by atoms with E-state index in [4.69, 9.17) is 20.5 Å². The lowest BCUT2D eigenvalue weighted by Gasteiger charge is -2.09. The van der Waals surface area contributed by atoms with E-state index in [1.165, 1.54) is 20.1 Å². The fraction of sp³-hybridized carbons (Fsp3) is 0.250. The number of ketones is 1. The van der Waals surface area contributed by atoms with Crippen molar-refractivity contribution in [2.24, 2.45) is 5.73 Å². The lowest BCUT2D eigenvalue weighted by molar-refractivity contribution is -0.145. The molecular formula is C16H17N3O5. The number of nitriles is 1. The molecule has 0 aromatic heterocycles. The quantitative estimate of drug-likeness (QED) is 0.417. The number of nitrogens with zero attached hydrogens (tertiary/aromatic N) is 1. The third kappa shape index (κ3) is 5.14. The number of hydrogen-bond acceptors (Lipinski definition) is 7. The summed E-state index contributed by atoms with van der Waals surface area (Å²) in [7, 11) is 1.42. The first-order valence-electron chi connectivity index (χ1n) is 6.87. The molecule has 8 nitrogen and oxygen atoms in total. The van der Waals surface area contributed by atoms with Gasteiger partial charge in [0.25, 0.3) is 5.91 Å². The Bertz CT molecular complexity index is 715. The normalized spacial score (nSPS) is 10.9. The fourth-order valence-electron chi connectivity index (χ4n) is 1.72. The summed E-state index contributed by atoms with van der Waals surface area (Å²) in [5, 5.41) is 11.1. The number of rotatable bonds is 7. The van der Waals surface area contributed by atoms with Crippen molar-refractivity contribution in [3.05, 3.63) is 41.1 Å². The number of para-hydroxylation sites is 1. The molecule has 0 saturated heterocycles. The maximum Gasteiger partial charge on any atom is 0.325 e. The molecule has 1 amide bonds. The number of nitrogens with two attached hydrogens (primary N) is 1. The molecule has 8 heteroatoms. The molecule has 3 N–H and O–H groups in total. The van der Waals surface area contributed by atoms with Crippen LogP contribution in [0, 0.1) is 11.3 Å². The Kier molecular flexibility index (Phi) is 6.97. The minimum absolute atomic E-state index is 0.0445. The van der Waals surface area contributed by atoms with Gasteiger partial charge < -0.3 is 20.5 Å². The molecule has 1 aromatic rings. The first-order valence-corrected chi connectivity index (χ1v) is 6.87. The summed E-state index contributed by atoms with van der Waals surface area (Å²) < 4.78 is 9.75. The van der Waals surface area contributed by atoms with Crippen LogP contribution in [0.4, 0.5) is 0 Å². The number of Topliss-reactive ketones (excluding diaryl/α,β-unsaturated/α-hetero) is 1. The van der Waals surface area contributed by atoms with Gasteiger partial charge in [-0.15, -0.1) is 0 Å². The zero-order chi connectivity index (χ0) is 18.1. The van der Waals surface area contributed by atoms with Gasteiger partial charge in [0, 0.05) is 5.70 Å². The molecule has 126 valence electrons. The van der Waals surface area contributed by atoms with Crippen LogP contribution in [-0.2, 0) is 14.3 Å². The summed E-state index contributed by atoms with van der Waals surface area (Å²) in [6, 6.07) is 8.14. The van der Waals surface area contributed by atoms with E-state index in [0.29, 0.717) is 5.75 Å². The molecule has 0 aliphatic heterocycles. The predicted octanol–water partition coefficient (Wildman–Crippen LogP) is 0.294. The summed E-state index contributed by atoms with van der Waals surface area (Å²) in [4.78, 5) is 35.2. The van der Waals surface area contributed by atoms with Gasteiger partial charge in [-0.3, -0.25) is 14.4 Å². The van der Waals surface area contributed by atoms with Gasteiger partial charge in [0.05, 0.1) is 12.7 Å². The molecule has 24 heavy (non-hydrogen) atoms. The van der Waals surface area contributed by atoms with E-state index in [2.05, 4.69) is 5.32 Å². The number of amides is 1. The predicted molar refractivity (Wildman–Crippen MR) is 83.8 cm³/mol. The first kappa shape index (κ1) is 18.7. The highest BCUT2D eigenvalue weighted by molar-refractivity contribution is 6.01. The number of carbonyl (C=O) groups excluding carboxylic acids is 3. The molecule has 1 aromatic carbocycles. The third-order valence-corrected chi connectivity index (χ3v) is 2.89. The molecule has 0 fully saturated rings. The van der Waals surface area contributed by atoms with Gasteiger partial charge in [-0.05, 0) is 19.1 Å². The minimum atomic E-state index is -0.821. The number of allylic oxidation sites excluding steroid dienone is 1. The molecule has 0 atom stereocenters. The zero-order valence-electron chi connectivity index (χ0n) is 13.3. The van der Waals surface area contributed by atoms with Crippen molar-refractivity contribution in [2.75, 3.05) is 20.3 Å². The van der Waals surface area contributed by atoms with Crippen LogP contribution in [0.1, 0.15) is 17.3 Å². The summed E-state index contributed by atoms with van der Waals surface area (Å²) in [5.41, 5.74) is 5.41. The number of methoxy groups -OCH3 is 1. The van der Waals surface area contributed by atoms with Gasteiger partial charge >= 0.3 is 5.97 Å². The van der Waals surface area contributed by atoms with E-state index < -0.39 is 30.8 Å². The molecule has 0 bridgehead atoms. The second-order valence-corrected chi connectivity index (χ2v) is 4.64. The van der Waals surface area contributed by atoms with E-state index in [9.17, 15) is 14.4 Å². The molecule has 0 saturated carbocycles. The number of benzene rings is 1. The molecule has 0 aliphatic rings. The monoisotopic (exact) mass is 331 g/mol. The highest BCUT2D eigenvalue weighted by atomic mass is 16.5. The number of esters is 1. The average Bonchev–Trinajstić information content (AvgIpc) is 2.57. The van der Waals surface area contributed by atoms with Crippen LogP contribution in [0.3, 0.4) is 0 Å². The second kappa shape index (κ2) is 8.95. The van der Waals surface area contributed by atoms with Gasteiger partial charge in [-0.2, -0.15) is 5.26 Å². The lowest BCUT2D eigenvalue weighted by Crippen LogP contribution is -2.32. The van der Waals surface area contributed by atoms with Crippen LogP contribution in [0.2, 0.25) is 0 Å². The zero-order valence-corrected chi connectivity index (χ0v) is 13.3. The standard InChI is InChI=1S/C16H17N3O5/c1-10(18)12(7-17)13(20)9-24-15(21)8-19-16(22)11-5-3-4-6-14(11)23-2/h3-6H,8-9,18H2,1-2H3,(H,19,22). The van der Waals surface area contributed by atoms with Crippen LogP contribution in [-0.4, -0.2) is 37.9 Å². The van der Waals surface area contributed by atoms with Crippen LogP contribution in [0.5, 0.6) is 5.75 Å². The van der Waals surface area contributed by atoms with Crippen molar-refractivity contribution in [1.82, 2.24) is 5.32 Å². The van der Waals surface area contributed by atoms with E-state index in [-0.39, 0.29) is 16.8 Å². The summed E-state index contributed by atoms with van der Waals surface area (Å²) in [5.74, 6) is -1.69. The Labute approximate surface area is 138 Å². The van der Waals surface area contributed by atoms with Gasteiger partial charge in [-0.25, -0.2) is 0 Å². The summed E-state index contributed by atoms with van der Waals surface area (Å²) >= 11 is 0. The van der Waals surface area contributed by atoms with Crippen molar-refractivity contribution < 1.29 is 23.9 Å². The van der Waals surface area contributed by atoms with E-state index >= 15 is 0 Å². The van der Waals surface area contributed by atoms with Gasteiger partial charge in [-0.1, -0.05) is 12.1 Å². The SMILES string of the molecule is COc1ccccc1C(=O)NCC(=O)OCC(=O)C(C#N)=C(C)N. The highest BCUT2D eigenvalue weighted by Crippen LogP contribution is 2.16. The lowest BCUT2D eigenvalue weighted by atomic mass is 10.1. The van der Waals surface area contributed by atoms with Crippen LogP contribution in [0.15, 0.2) is 35.5 Å². The minimum Gasteiger partial charge on any atom is -0.496 e. The molecule has 1 rings (SSSR count). The van der Waals surface area contributed by atoms with Crippen molar-refractivity contribution in [3.63, 3.8) is 0 Å². The van der Waals surface area contributed by atoms with Crippen LogP contribution < -0.4 is 15.8 Å². The Balaban J connectivity index is 2.53.